The zero-order valence-corrected chi connectivity index (χ0v) is 16.4. The van der Waals surface area contributed by atoms with Crippen LogP contribution in [-0.2, 0) is 15.6 Å². The Hall–Kier alpha value is -2.79. The Morgan fingerprint density at radius 2 is 2.04 bits per heavy atom. The van der Waals surface area contributed by atoms with Crippen LogP contribution in [0.1, 0.15) is 23.0 Å². The molecule has 0 saturated heterocycles. The Balaban J connectivity index is 1.96. The van der Waals surface area contributed by atoms with Crippen LogP contribution in [0, 0.1) is 5.82 Å². The number of carbonyl (C=O) groups excluding carboxylic acids is 1. The first kappa shape index (κ1) is 20.0. The summed E-state index contributed by atoms with van der Waals surface area (Å²) in [5.74, 6) is -2.00. The Morgan fingerprint density at radius 3 is 2.64 bits per heavy atom. The fourth-order valence-electron chi connectivity index (χ4n) is 2.74. The van der Waals surface area contributed by atoms with Gasteiger partial charge in [0.1, 0.15) is 11.4 Å². The van der Waals surface area contributed by atoms with E-state index in [0.717, 1.165) is 10.4 Å². The highest BCUT2D eigenvalue weighted by Gasteiger charge is 2.41. The molecule has 3 rings (SSSR count). The molecule has 12 heteroatoms. The summed E-state index contributed by atoms with van der Waals surface area (Å²) < 4.78 is 40.0. The molecule has 1 aliphatic heterocycles. The molecule has 0 bridgehead atoms. The van der Waals surface area contributed by atoms with Gasteiger partial charge in [-0.1, -0.05) is 11.6 Å². The molecule has 148 valence electrons. The van der Waals surface area contributed by atoms with E-state index >= 15 is 0 Å². The van der Waals surface area contributed by atoms with Crippen LogP contribution < -0.4 is 11.1 Å². The van der Waals surface area contributed by atoms with Gasteiger partial charge in [0, 0.05) is 18.3 Å². The molecule has 9 nitrogen and oxygen atoms in total. The third-order valence-electron chi connectivity index (χ3n) is 4.23. The van der Waals surface area contributed by atoms with Gasteiger partial charge >= 0.3 is 0 Å². The number of anilines is 1. The summed E-state index contributed by atoms with van der Waals surface area (Å²) >= 11 is 5.64. The summed E-state index contributed by atoms with van der Waals surface area (Å²) in [4.78, 5) is 16.4. The number of carbonyl (C=O) groups is 1. The van der Waals surface area contributed by atoms with Crippen LogP contribution in [0.2, 0.25) is 5.15 Å². The standard InChI is InChI=1S/C16H16ClFN6O3S/c1-16(8-28(26,27)24(2)15(19)21-16)10-7-9(3-4-11(10)18)20-14(25)12-5-6-13(17)23-22-12/h3-7H,8H2,1-2H3,(H2,19,21)(H,20,25)/t16-/m0/s1. The van der Waals surface area contributed by atoms with Crippen molar-refractivity contribution in [3.63, 3.8) is 0 Å². The zero-order chi connectivity index (χ0) is 20.7. The van der Waals surface area contributed by atoms with Gasteiger partial charge in [0.25, 0.3) is 5.91 Å². The Labute approximate surface area is 165 Å². The van der Waals surface area contributed by atoms with E-state index in [4.69, 9.17) is 17.3 Å². The normalized spacial score (nSPS) is 21.1. The SMILES string of the molecule is CN1C(N)=N[C@](C)(c2cc(NC(=O)c3ccc(Cl)nn3)ccc2F)CS1(=O)=O. The molecule has 0 aliphatic carbocycles. The molecular weight excluding hydrogens is 411 g/mol. The molecular formula is C16H16ClFN6O3S. The first-order valence-corrected chi connectivity index (χ1v) is 9.93. The van der Waals surface area contributed by atoms with Gasteiger partial charge in [-0.05, 0) is 37.3 Å². The molecule has 1 aromatic carbocycles. The van der Waals surface area contributed by atoms with Crippen molar-refractivity contribution in [2.45, 2.75) is 12.5 Å². The second-order valence-corrected chi connectivity index (χ2v) is 8.75. The molecule has 1 atom stereocenters. The van der Waals surface area contributed by atoms with Crippen LogP contribution in [0.4, 0.5) is 10.1 Å². The van der Waals surface area contributed by atoms with Crippen molar-refractivity contribution in [1.82, 2.24) is 14.5 Å². The number of hydrogen-bond acceptors (Lipinski definition) is 7. The van der Waals surface area contributed by atoms with Gasteiger partial charge in [-0.2, -0.15) is 0 Å². The number of hydrogen-bond donors (Lipinski definition) is 2. The van der Waals surface area contributed by atoms with Gasteiger partial charge in [-0.3, -0.25) is 4.79 Å². The predicted octanol–water partition coefficient (Wildman–Crippen LogP) is 1.33. The van der Waals surface area contributed by atoms with Crippen molar-refractivity contribution >= 4 is 39.2 Å². The second-order valence-electron chi connectivity index (χ2n) is 6.36. The number of nitrogens with one attached hydrogen (secondary N) is 1. The van der Waals surface area contributed by atoms with Crippen molar-refractivity contribution < 1.29 is 17.6 Å². The topological polar surface area (TPSA) is 131 Å². The van der Waals surface area contributed by atoms with E-state index in [1.54, 1.807) is 0 Å². The first-order chi connectivity index (χ1) is 13.0. The van der Waals surface area contributed by atoms with Crippen molar-refractivity contribution in [2.75, 3.05) is 18.1 Å². The number of benzene rings is 1. The second kappa shape index (κ2) is 6.99. The van der Waals surface area contributed by atoms with Gasteiger partial charge in [-0.15, -0.1) is 10.2 Å². The zero-order valence-electron chi connectivity index (χ0n) is 14.8. The molecule has 0 unspecified atom stereocenters. The maximum absolute atomic E-state index is 14.5. The molecule has 1 amide bonds. The molecule has 1 aliphatic rings. The number of aromatic nitrogens is 2. The van der Waals surface area contributed by atoms with E-state index in [2.05, 4.69) is 20.5 Å². The van der Waals surface area contributed by atoms with Gasteiger partial charge < -0.3 is 11.1 Å². The van der Waals surface area contributed by atoms with E-state index in [1.807, 2.05) is 0 Å². The monoisotopic (exact) mass is 426 g/mol. The van der Waals surface area contributed by atoms with Crippen LogP contribution in [-0.4, -0.2) is 47.6 Å². The maximum Gasteiger partial charge on any atom is 0.276 e. The Morgan fingerprint density at radius 1 is 1.32 bits per heavy atom. The lowest BCUT2D eigenvalue weighted by Crippen LogP contribution is -2.50. The number of guanidine groups is 1. The van der Waals surface area contributed by atoms with Crippen LogP contribution in [0.15, 0.2) is 35.3 Å². The van der Waals surface area contributed by atoms with Gasteiger partial charge in [0.2, 0.25) is 16.0 Å². The highest BCUT2D eigenvalue weighted by Crippen LogP contribution is 2.34. The molecule has 0 spiro atoms. The summed E-state index contributed by atoms with van der Waals surface area (Å²) in [5.41, 5.74) is 4.45. The summed E-state index contributed by atoms with van der Waals surface area (Å²) in [6.07, 6.45) is 0. The molecule has 0 fully saturated rings. The molecule has 1 aromatic heterocycles. The summed E-state index contributed by atoms with van der Waals surface area (Å²) in [6, 6.07) is 6.54. The van der Waals surface area contributed by atoms with Crippen LogP contribution >= 0.6 is 11.6 Å². The quantitative estimate of drug-likeness (QED) is 0.761. The highest BCUT2D eigenvalue weighted by atomic mass is 35.5. The van der Waals surface area contributed by atoms with Gasteiger partial charge in [-0.25, -0.2) is 22.1 Å². The van der Waals surface area contributed by atoms with Crippen LogP contribution in [0.25, 0.3) is 0 Å². The molecule has 28 heavy (non-hydrogen) atoms. The number of nitrogens with two attached hydrogens (primary N) is 1. The number of nitrogens with zero attached hydrogens (tertiary/aromatic N) is 4. The fourth-order valence-corrected chi connectivity index (χ4v) is 4.29. The van der Waals surface area contributed by atoms with Crippen molar-refractivity contribution in [1.29, 1.82) is 0 Å². The minimum Gasteiger partial charge on any atom is -0.369 e. The molecule has 2 aromatic rings. The largest absolute Gasteiger partial charge is 0.369 e. The Kier molecular flexibility index (Phi) is 4.98. The average molecular weight is 427 g/mol. The lowest BCUT2D eigenvalue weighted by molar-refractivity contribution is 0.102. The summed E-state index contributed by atoms with van der Waals surface area (Å²) in [7, 11) is -2.50. The number of halogens is 2. The van der Waals surface area contributed by atoms with Crippen molar-refractivity contribution in [3.05, 3.63) is 52.6 Å². The predicted molar refractivity (Wildman–Crippen MR) is 102 cm³/mol. The van der Waals surface area contributed by atoms with E-state index in [1.165, 1.54) is 38.2 Å². The first-order valence-electron chi connectivity index (χ1n) is 7.94. The number of sulfonamides is 1. The summed E-state index contributed by atoms with van der Waals surface area (Å²) in [5, 5.41) is 9.93. The minimum atomic E-state index is -3.77. The summed E-state index contributed by atoms with van der Waals surface area (Å²) in [6.45, 7) is 1.46. The third-order valence-corrected chi connectivity index (χ3v) is 6.38. The highest BCUT2D eigenvalue weighted by molar-refractivity contribution is 7.89. The average Bonchev–Trinajstić information content (AvgIpc) is 2.61. The number of amides is 1. The lowest BCUT2D eigenvalue weighted by Gasteiger charge is -2.34. The van der Waals surface area contributed by atoms with E-state index < -0.39 is 33.0 Å². The van der Waals surface area contributed by atoms with E-state index in [9.17, 15) is 17.6 Å². The molecule has 0 radical (unpaired) electrons. The van der Waals surface area contributed by atoms with Crippen LogP contribution in [0.5, 0.6) is 0 Å². The van der Waals surface area contributed by atoms with Gasteiger partial charge in [0.15, 0.2) is 10.8 Å². The van der Waals surface area contributed by atoms with Gasteiger partial charge in [0.05, 0.1) is 5.75 Å². The van der Waals surface area contributed by atoms with Crippen molar-refractivity contribution in [2.24, 2.45) is 10.7 Å². The Bertz CT molecular complexity index is 1080. The van der Waals surface area contributed by atoms with E-state index in [-0.39, 0.29) is 28.1 Å². The minimum absolute atomic E-state index is 0.00520. The smallest absolute Gasteiger partial charge is 0.276 e. The van der Waals surface area contributed by atoms with Crippen molar-refractivity contribution in [3.8, 4) is 0 Å². The maximum atomic E-state index is 14.5. The van der Waals surface area contributed by atoms with Crippen LogP contribution in [0.3, 0.4) is 0 Å². The molecule has 2 heterocycles. The fraction of sp³-hybridized carbons (Fsp3) is 0.250. The number of aliphatic imine (C=N–C) groups is 1. The van der Waals surface area contributed by atoms with E-state index in [0.29, 0.717) is 0 Å². The molecule has 0 saturated carbocycles. The molecule has 3 N–H and O–H groups in total. The third kappa shape index (κ3) is 3.76. The number of rotatable bonds is 3. The lowest BCUT2D eigenvalue weighted by atomic mass is 9.93.